The Morgan fingerprint density at radius 2 is 1.62 bits per heavy atom. The molecule has 0 spiro atoms. The summed E-state index contributed by atoms with van der Waals surface area (Å²) in [5.74, 6) is 2.20. The van der Waals surface area contributed by atoms with Crippen molar-refractivity contribution in [3.8, 4) is 11.5 Å². The average molecular weight is 637 g/mol. The van der Waals surface area contributed by atoms with E-state index < -0.39 is 5.92 Å². The largest absolute Gasteiger partial charge is 0.436 e. The SMILES string of the molecule is CCCC(=O)c1ccc(C[C@@H](C(=O)Nc2ccc(-c3nc4ccccc4o3)cc2)c2ccc(C3=CC4CCC3(C)C4C(C)C)cc2)cc1. The van der Waals surface area contributed by atoms with Crippen molar-refractivity contribution in [2.45, 2.75) is 65.7 Å². The molecule has 4 atom stereocenters. The molecule has 5 heteroatoms. The van der Waals surface area contributed by atoms with Crippen molar-refractivity contribution in [3.05, 3.63) is 125 Å². The van der Waals surface area contributed by atoms with Crippen molar-refractivity contribution in [1.82, 2.24) is 4.98 Å². The van der Waals surface area contributed by atoms with Crippen LogP contribution >= 0.6 is 0 Å². The average Bonchev–Trinajstić information content (AvgIpc) is 3.77. The molecule has 0 aliphatic heterocycles. The van der Waals surface area contributed by atoms with Crippen molar-refractivity contribution < 1.29 is 14.0 Å². The van der Waals surface area contributed by atoms with Crippen LogP contribution in [0.1, 0.15) is 86.3 Å². The van der Waals surface area contributed by atoms with Gasteiger partial charge >= 0.3 is 0 Å². The number of aromatic nitrogens is 1. The molecule has 2 aliphatic carbocycles. The number of carbonyl (C=O) groups excluding carboxylic acids is 2. The first-order valence-electron chi connectivity index (χ1n) is 17.4. The van der Waals surface area contributed by atoms with E-state index in [-0.39, 0.29) is 17.1 Å². The van der Waals surface area contributed by atoms with Gasteiger partial charge in [0.25, 0.3) is 0 Å². The third-order valence-corrected chi connectivity index (χ3v) is 10.7. The van der Waals surface area contributed by atoms with E-state index in [2.05, 4.69) is 61.4 Å². The minimum absolute atomic E-state index is 0.0746. The topological polar surface area (TPSA) is 72.2 Å². The summed E-state index contributed by atoms with van der Waals surface area (Å²) in [6.45, 7) is 9.19. The van der Waals surface area contributed by atoms with Gasteiger partial charge in [0, 0.05) is 23.2 Å². The van der Waals surface area contributed by atoms with Gasteiger partial charge in [-0.2, -0.15) is 0 Å². The van der Waals surface area contributed by atoms with Gasteiger partial charge in [-0.1, -0.05) is 94.4 Å². The highest BCUT2D eigenvalue weighted by Crippen LogP contribution is 2.63. The van der Waals surface area contributed by atoms with Gasteiger partial charge in [0.05, 0.1) is 5.92 Å². The quantitative estimate of drug-likeness (QED) is 0.146. The standard InChI is InChI=1S/C43H44N2O3/c1-5-8-38(46)31-13-11-28(12-14-31)25-35(29-15-17-30(18-16-29)36-26-33-23-24-43(36,4)40(33)27(2)3)41(47)44-34-21-19-32(20-22-34)42-45-37-9-6-7-10-39(37)48-42/h6-7,9-22,26-27,33,35,40H,5,8,23-25H2,1-4H3,(H,44,47)/t33?,35-,40?,43?/m1/s1. The highest BCUT2D eigenvalue weighted by molar-refractivity contribution is 5.97. The Morgan fingerprint density at radius 3 is 2.29 bits per heavy atom. The molecular weight excluding hydrogens is 592 g/mol. The summed E-state index contributed by atoms with van der Waals surface area (Å²) in [7, 11) is 0. The molecule has 48 heavy (non-hydrogen) atoms. The summed E-state index contributed by atoms with van der Waals surface area (Å²) in [5.41, 5.74) is 8.76. The molecule has 1 amide bonds. The van der Waals surface area contributed by atoms with Crippen LogP contribution in [0.3, 0.4) is 0 Å². The second kappa shape index (κ2) is 13.0. The van der Waals surface area contributed by atoms with Crippen LogP contribution < -0.4 is 5.32 Å². The lowest BCUT2D eigenvalue weighted by molar-refractivity contribution is -0.117. The van der Waals surface area contributed by atoms with Crippen molar-refractivity contribution in [2.24, 2.45) is 23.2 Å². The van der Waals surface area contributed by atoms with Gasteiger partial charge in [-0.3, -0.25) is 9.59 Å². The molecule has 2 aliphatic rings. The van der Waals surface area contributed by atoms with Crippen LogP contribution in [0.15, 0.2) is 108 Å². The summed E-state index contributed by atoms with van der Waals surface area (Å²) in [6, 6.07) is 31.8. The number of carbonyl (C=O) groups is 2. The third-order valence-electron chi connectivity index (χ3n) is 10.7. The second-order valence-electron chi connectivity index (χ2n) is 14.3. The number of hydrogen-bond acceptors (Lipinski definition) is 4. The Bertz CT molecular complexity index is 1930. The molecule has 2 bridgehead atoms. The number of amides is 1. The third kappa shape index (κ3) is 6.03. The molecule has 1 fully saturated rings. The summed E-state index contributed by atoms with van der Waals surface area (Å²) in [6.07, 6.45) is 6.92. The maximum Gasteiger partial charge on any atom is 0.232 e. The summed E-state index contributed by atoms with van der Waals surface area (Å²) in [4.78, 5) is 31.1. The number of fused-ring (bicyclic) bond motifs is 3. The molecule has 4 aromatic carbocycles. The van der Waals surface area contributed by atoms with Gasteiger partial charge in [-0.15, -0.1) is 0 Å². The van der Waals surface area contributed by atoms with Gasteiger partial charge in [0.2, 0.25) is 11.8 Å². The number of nitrogens with one attached hydrogen (secondary N) is 1. The first-order valence-corrected chi connectivity index (χ1v) is 17.4. The van der Waals surface area contributed by atoms with Crippen molar-refractivity contribution in [3.63, 3.8) is 0 Å². The lowest BCUT2D eigenvalue weighted by Crippen LogP contribution is -2.26. The fraction of sp³-hybridized carbons (Fsp3) is 0.326. The van der Waals surface area contributed by atoms with E-state index in [1.54, 1.807) is 0 Å². The number of Topliss-reactive ketones (excluding diaryl/α,β-unsaturated/α-hetero) is 1. The fourth-order valence-electron chi connectivity index (χ4n) is 8.46. The number of oxazole rings is 1. The Kier molecular flexibility index (Phi) is 8.63. The van der Waals surface area contributed by atoms with E-state index in [0.29, 0.717) is 42.2 Å². The molecule has 1 saturated carbocycles. The first kappa shape index (κ1) is 31.8. The van der Waals surface area contributed by atoms with Crippen LogP contribution in [-0.4, -0.2) is 16.7 Å². The fourth-order valence-corrected chi connectivity index (χ4v) is 8.46. The normalized spacial score (nSPS) is 20.6. The van der Waals surface area contributed by atoms with E-state index in [1.807, 2.05) is 79.7 Å². The number of ketones is 1. The number of benzene rings is 4. The molecule has 244 valence electrons. The number of allylic oxidation sites excluding steroid dienone is 2. The predicted molar refractivity (Wildman–Crippen MR) is 194 cm³/mol. The van der Waals surface area contributed by atoms with Crippen LogP contribution in [0.25, 0.3) is 28.1 Å². The molecule has 1 heterocycles. The highest BCUT2D eigenvalue weighted by Gasteiger charge is 2.52. The zero-order chi connectivity index (χ0) is 33.4. The molecule has 0 saturated heterocycles. The number of rotatable bonds is 11. The summed E-state index contributed by atoms with van der Waals surface area (Å²) >= 11 is 0. The minimum Gasteiger partial charge on any atom is -0.436 e. The predicted octanol–water partition coefficient (Wildman–Crippen LogP) is 10.5. The van der Waals surface area contributed by atoms with Crippen LogP contribution in [0.4, 0.5) is 5.69 Å². The molecule has 1 aromatic heterocycles. The number of nitrogens with zero attached hydrogens (tertiary/aromatic N) is 1. The Morgan fingerprint density at radius 1 is 0.917 bits per heavy atom. The number of para-hydroxylation sites is 2. The van der Waals surface area contributed by atoms with Gasteiger partial charge in [0.15, 0.2) is 11.4 Å². The smallest absolute Gasteiger partial charge is 0.232 e. The van der Waals surface area contributed by atoms with Gasteiger partial charge in [-0.05, 0) is 108 Å². The van der Waals surface area contributed by atoms with E-state index >= 15 is 0 Å². The molecule has 1 N–H and O–H groups in total. The lowest BCUT2D eigenvalue weighted by Gasteiger charge is -2.34. The van der Waals surface area contributed by atoms with Crippen molar-refractivity contribution in [2.75, 3.05) is 5.32 Å². The van der Waals surface area contributed by atoms with E-state index in [9.17, 15) is 9.59 Å². The number of hydrogen-bond donors (Lipinski definition) is 1. The molecular formula is C43H44N2O3. The minimum atomic E-state index is -0.416. The van der Waals surface area contributed by atoms with Crippen LogP contribution in [0.2, 0.25) is 0 Å². The monoisotopic (exact) mass is 636 g/mol. The van der Waals surface area contributed by atoms with Crippen LogP contribution in [-0.2, 0) is 11.2 Å². The summed E-state index contributed by atoms with van der Waals surface area (Å²) < 4.78 is 5.94. The van der Waals surface area contributed by atoms with Gasteiger partial charge in [-0.25, -0.2) is 4.98 Å². The summed E-state index contributed by atoms with van der Waals surface area (Å²) in [5, 5.41) is 3.17. The zero-order valence-electron chi connectivity index (χ0n) is 28.3. The molecule has 7 rings (SSSR count). The molecule has 5 nitrogen and oxygen atoms in total. The highest BCUT2D eigenvalue weighted by atomic mass is 16.3. The van der Waals surface area contributed by atoms with E-state index in [4.69, 9.17) is 4.42 Å². The number of anilines is 1. The van der Waals surface area contributed by atoms with Crippen LogP contribution in [0, 0.1) is 23.2 Å². The Balaban J connectivity index is 1.14. The van der Waals surface area contributed by atoms with E-state index in [1.165, 1.54) is 24.0 Å². The van der Waals surface area contributed by atoms with Gasteiger partial charge in [0.1, 0.15) is 5.52 Å². The van der Waals surface area contributed by atoms with Crippen molar-refractivity contribution >= 4 is 34.1 Å². The van der Waals surface area contributed by atoms with E-state index in [0.717, 1.165) is 39.8 Å². The molecule has 0 radical (unpaired) electrons. The maximum absolute atomic E-state index is 14.1. The zero-order valence-corrected chi connectivity index (χ0v) is 28.3. The lowest BCUT2D eigenvalue weighted by atomic mass is 9.70. The second-order valence-corrected chi connectivity index (χ2v) is 14.3. The first-order chi connectivity index (χ1) is 23.2. The Hall–Kier alpha value is -4.77. The Labute approximate surface area is 283 Å². The van der Waals surface area contributed by atoms with Crippen molar-refractivity contribution in [1.29, 1.82) is 0 Å². The molecule has 5 aromatic rings. The van der Waals surface area contributed by atoms with Crippen LogP contribution in [0.5, 0.6) is 0 Å². The maximum atomic E-state index is 14.1. The van der Waals surface area contributed by atoms with Gasteiger partial charge < -0.3 is 9.73 Å². The molecule has 3 unspecified atom stereocenters.